The number of carbonyl (C=O) groups is 1. The van der Waals surface area contributed by atoms with Crippen molar-refractivity contribution in [1.82, 2.24) is 4.90 Å². The van der Waals surface area contributed by atoms with E-state index >= 15 is 0 Å². The molecule has 0 aromatic heterocycles. The molecule has 1 saturated carbocycles. The molecule has 1 N–H and O–H groups in total. The molecular weight excluding hydrogens is 292 g/mol. The summed E-state index contributed by atoms with van der Waals surface area (Å²) >= 11 is 0. The second-order valence-electron chi connectivity index (χ2n) is 6.27. The van der Waals surface area contributed by atoms with Crippen LogP contribution in [0.15, 0.2) is 24.3 Å². The van der Waals surface area contributed by atoms with Gasteiger partial charge in [0.25, 0.3) is 0 Å². The van der Waals surface area contributed by atoms with Gasteiger partial charge in [0.1, 0.15) is 0 Å². The van der Waals surface area contributed by atoms with Crippen LogP contribution in [0.3, 0.4) is 0 Å². The monoisotopic (exact) mass is 318 g/mol. The highest BCUT2D eigenvalue weighted by Gasteiger charge is 2.43. The molecule has 3 atom stereocenters. The maximum absolute atomic E-state index is 12.1. The molecule has 1 aromatic rings. The van der Waals surface area contributed by atoms with Crippen molar-refractivity contribution in [2.45, 2.75) is 32.4 Å². The fourth-order valence-electron chi connectivity index (χ4n) is 3.10. The van der Waals surface area contributed by atoms with Gasteiger partial charge in [-0.2, -0.15) is 0 Å². The molecule has 1 aromatic carbocycles. The summed E-state index contributed by atoms with van der Waals surface area (Å²) in [5, 5.41) is 2.99. The molecule has 1 heterocycles. The predicted molar refractivity (Wildman–Crippen MR) is 89.4 cm³/mol. The average molecular weight is 318 g/mol. The number of anilines is 1. The van der Waals surface area contributed by atoms with Crippen LogP contribution in [0.4, 0.5) is 5.69 Å². The Kier molecular flexibility index (Phi) is 5.30. The van der Waals surface area contributed by atoms with E-state index in [0.29, 0.717) is 12.6 Å². The summed E-state index contributed by atoms with van der Waals surface area (Å²) in [6, 6.07) is 8.55. The third kappa shape index (κ3) is 4.10. The van der Waals surface area contributed by atoms with Gasteiger partial charge in [-0.05, 0) is 38.0 Å². The second-order valence-corrected chi connectivity index (χ2v) is 6.27. The van der Waals surface area contributed by atoms with Crippen molar-refractivity contribution in [2.75, 3.05) is 38.2 Å². The molecule has 1 aliphatic heterocycles. The number of hydrogen-bond donors (Lipinski definition) is 1. The summed E-state index contributed by atoms with van der Waals surface area (Å²) in [5.74, 6) is 0.0827. The zero-order valence-corrected chi connectivity index (χ0v) is 14.0. The molecule has 0 spiro atoms. The summed E-state index contributed by atoms with van der Waals surface area (Å²) in [6.45, 7) is 8.40. The van der Waals surface area contributed by atoms with Crippen LogP contribution in [0, 0.1) is 5.92 Å². The lowest BCUT2D eigenvalue weighted by Gasteiger charge is -2.32. The van der Waals surface area contributed by atoms with E-state index in [1.54, 1.807) is 0 Å². The Balaban J connectivity index is 1.53. The first-order chi connectivity index (χ1) is 11.2. The Hall–Kier alpha value is -1.43. The maximum atomic E-state index is 12.1. The number of hydrogen-bond acceptors (Lipinski definition) is 4. The van der Waals surface area contributed by atoms with Crippen LogP contribution < -0.4 is 5.32 Å². The number of morpholine rings is 1. The quantitative estimate of drug-likeness (QED) is 0.875. The first-order valence-corrected chi connectivity index (χ1v) is 8.53. The summed E-state index contributed by atoms with van der Waals surface area (Å²) in [6.07, 6.45) is 0.951. The van der Waals surface area contributed by atoms with Crippen LogP contribution in [-0.4, -0.2) is 49.8 Å². The Labute approximate surface area is 137 Å². The van der Waals surface area contributed by atoms with Gasteiger partial charge in [-0.15, -0.1) is 0 Å². The smallest absolute Gasteiger partial charge is 0.230 e. The molecule has 1 aliphatic carbocycles. The van der Waals surface area contributed by atoms with Crippen LogP contribution in [0.5, 0.6) is 0 Å². The lowest BCUT2D eigenvalue weighted by molar-refractivity contribution is -0.118. The highest BCUT2D eigenvalue weighted by Crippen LogP contribution is 2.34. The summed E-state index contributed by atoms with van der Waals surface area (Å²) in [5.41, 5.74) is 2.12. The van der Waals surface area contributed by atoms with E-state index in [2.05, 4.69) is 29.3 Å². The Bertz CT molecular complexity index is 526. The van der Waals surface area contributed by atoms with Gasteiger partial charge in [0.2, 0.25) is 5.91 Å². The highest BCUT2D eigenvalue weighted by atomic mass is 16.5. The van der Waals surface area contributed by atoms with Crippen molar-refractivity contribution in [3.05, 3.63) is 29.8 Å². The summed E-state index contributed by atoms with van der Waals surface area (Å²) in [7, 11) is 0. The van der Waals surface area contributed by atoms with Crippen molar-refractivity contribution in [2.24, 2.45) is 5.92 Å². The number of rotatable bonds is 6. The third-order valence-electron chi connectivity index (χ3n) is 4.70. The van der Waals surface area contributed by atoms with Gasteiger partial charge in [-0.3, -0.25) is 9.69 Å². The molecule has 2 aliphatic rings. The number of nitrogens with zero attached hydrogens (tertiary/aromatic N) is 1. The first-order valence-electron chi connectivity index (χ1n) is 8.53. The molecule has 1 amide bonds. The van der Waals surface area contributed by atoms with E-state index in [-0.39, 0.29) is 17.9 Å². The van der Waals surface area contributed by atoms with Crippen molar-refractivity contribution in [3.63, 3.8) is 0 Å². The van der Waals surface area contributed by atoms with E-state index in [4.69, 9.17) is 9.47 Å². The molecule has 5 heteroatoms. The fraction of sp³-hybridized carbons (Fsp3) is 0.611. The average Bonchev–Trinajstić information content (AvgIpc) is 3.35. The number of carbonyl (C=O) groups excluding carboxylic acids is 1. The largest absolute Gasteiger partial charge is 0.379 e. The third-order valence-corrected chi connectivity index (χ3v) is 4.70. The number of nitrogens with one attached hydrogen (secondary N) is 1. The van der Waals surface area contributed by atoms with Gasteiger partial charge in [0.05, 0.1) is 25.2 Å². The molecule has 23 heavy (non-hydrogen) atoms. The number of benzene rings is 1. The van der Waals surface area contributed by atoms with Crippen molar-refractivity contribution in [1.29, 1.82) is 0 Å². The van der Waals surface area contributed by atoms with Crippen LogP contribution >= 0.6 is 0 Å². The lowest BCUT2D eigenvalue weighted by Crippen LogP contribution is -2.38. The number of amides is 1. The maximum Gasteiger partial charge on any atom is 0.230 e. The van der Waals surface area contributed by atoms with E-state index in [0.717, 1.165) is 38.4 Å². The van der Waals surface area contributed by atoms with Gasteiger partial charge in [0, 0.05) is 31.4 Å². The minimum absolute atomic E-state index is 0.0156. The molecule has 0 bridgehead atoms. The zero-order chi connectivity index (χ0) is 16.2. The van der Waals surface area contributed by atoms with Gasteiger partial charge >= 0.3 is 0 Å². The van der Waals surface area contributed by atoms with Crippen LogP contribution in [0.1, 0.15) is 31.9 Å². The van der Waals surface area contributed by atoms with E-state index < -0.39 is 0 Å². The molecular formula is C18H26N2O3. The Morgan fingerprint density at radius 1 is 1.35 bits per heavy atom. The van der Waals surface area contributed by atoms with Crippen LogP contribution in [0.25, 0.3) is 0 Å². The molecule has 0 radical (unpaired) electrons. The topological polar surface area (TPSA) is 50.8 Å². The van der Waals surface area contributed by atoms with Crippen molar-refractivity contribution in [3.8, 4) is 0 Å². The summed E-state index contributed by atoms with van der Waals surface area (Å²) in [4.78, 5) is 14.5. The Morgan fingerprint density at radius 2 is 2.04 bits per heavy atom. The minimum Gasteiger partial charge on any atom is -0.379 e. The highest BCUT2D eigenvalue weighted by molar-refractivity contribution is 5.94. The van der Waals surface area contributed by atoms with E-state index in [9.17, 15) is 4.79 Å². The second kappa shape index (κ2) is 7.43. The Morgan fingerprint density at radius 3 is 2.70 bits per heavy atom. The lowest BCUT2D eigenvalue weighted by atomic mass is 10.1. The molecule has 1 saturated heterocycles. The molecule has 0 unspecified atom stereocenters. The van der Waals surface area contributed by atoms with Gasteiger partial charge < -0.3 is 14.8 Å². The minimum atomic E-state index is 0.0156. The SMILES string of the molecule is CCO[C@@H]1C[C@H]1C(=O)Nc1ccc([C@@H](C)N2CCOCC2)cc1. The molecule has 2 fully saturated rings. The van der Waals surface area contributed by atoms with Gasteiger partial charge in [0.15, 0.2) is 0 Å². The predicted octanol–water partition coefficient (Wildman–Crippen LogP) is 2.44. The van der Waals surface area contributed by atoms with Gasteiger partial charge in [-0.1, -0.05) is 12.1 Å². The van der Waals surface area contributed by atoms with Crippen molar-refractivity contribution >= 4 is 11.6 Å². The molecule has 3 rings (SSSR count). The normalized spacial score (nSPS) is 25.8. The molecule has 126 valence electrons. The van der Waals surface area contributed by atoms with Crippen molar-refractivity contribution < 1.29 is 14.3 Å². The fourth-order valence-corrected chi connectivity index (χ4v) is 3.10. The number of ether oxygens (including phenoxy) is 2. The standard InChI is InChI=1S/C18H26N2O3/c1-3-23-17-12-16(17)18(21)19-15-6-4-14(5-7-15)13(2)20-8-10-22-11-9-20/h4-7,13,16-17H,3,8-12H2,1-2H3,(H,19,21)/t13-,16-,17-/m1/s1. The zero-order valence-electron chi connectivity index (χ0n) is 14.0. The van der Waals surface area contributed by atoms with Gasteiger partial charge in [-0.25, -0.2) is 0 Å². The van der Waals surface area contributed by atoms with E-state index in [1.807, 2.05) is 19.1 Å². The van der Waals surface area contributed by atoms with E-state index in [1.165, 1.54) is 5.56 Å². The van der Waals surface area contributed by atoms with Crippen LogP contribution in [-0.2, 0) is 14.3 Å². The van der Waals surface area contributed by atoms with Crippen LogP contribution in [0.2, 0.25) is 0 Å². The molecule has 5 nitrogen and oxygen atoms in total. The first kappa shape index (κ1) is 16.4. The summed E-state index contributed by atoms with van der Waals surface area (Å²) < 4.78 is 10.9.